The van der Waals surface area contributed by atoms with E-state index in [1.165, 1.54) is 0 Å². The number of hydrogen-bond donors (Lipinski definition) is 1. The van der Waals surface area contributed by atoms with Gasteiger partial charge < -0.3 is 5.32 Å². The molecule has 3 aromatic carbocycles. The fourth-order valence-electron chi connectivity index (χ4n) is 3.06. The Morgan fingerprint density at radius 2 is 1.50 bits per heavy atom. The molecule has 1 N–H and O–H groups in total. The molecule has 0 saturated heterocycles. The van der Waals surface area contributed by atoms with Crippen molar-refractivity contribution in [1.29, 1.82) is 0 Å². The minimum Gasteiger partial charge on any atom is -0.341 e. The molecule has 0 heterocycles. The van der Waals surface area contributed by atoms with E-state index in [4.69, 9.17) is 0 Å². The van der Waals surface area contributed by atoms with Crippen molar-refractivity contribution in [3.8, 4) is 23.0 Å². The average Bonchev–Trinajstić information content (AvgIpc) is 2.98. The Kier molecular flexibility index (Phi) is 4.09. The van der Waals surface area contributed by atoms with Crippen LogP contribution in [0.1, 0.15) is 31.8 Å². The summed E-state index contributed by atoms with van der Waals surface area (Å²) in [6.45, 7) is 0.249. The van der Waals surface area contributed by atoms with Crippen molar-refractivity contribution in [3.63, 3.8) is 0 Å². The number of carbonyl (C=O) groups is 2. The zero-order valence-electron chi connectivity index (χ0n) is 14.0. The van der Waals surface area contributed by atoms with Crippen molar-refractivity contribution in [2.75, 3.05) is 6.54 Å². The standard InChI is InChI=1S/C23H15NO2/c25-22-20-11-5-4-10-18(20)19-13-12-17(15-21(19)22)23(26)24-14-6-9-16-7-2-1-3-8-16/h1-5,7-8,10-13,15H,14H2,(H,24,26). The molecule has 3 nitrogen and oxygen atoms in total. The van der Waals surface area contributed by atoms with Gasteiger partial charge in [-0.15, -0.1) is 0 Å². The first-order valence-electron chi connectivity index (χ1n) is 8.34. The number of amides is 1. The van der Waals surface area contributed by atoms with Crippen molar-refractivity contribution in [3.05, 3.63) is 95.1 Å². The summed E-state index contributed by atoms with van der Waals surface area (Å²) in [7, 11) is 0. The van der Waals surface area contributed by atoms with Gasteiger partial charge in [-0.1, -0.05) is 60.4 Å². The number of rotatable bonds is 2. The van der Waals surface area contributed by atoms with E-state index in [0.29, 0.717) is 16.7 Å². The Hall–Kier alpha value is -3.64. The Bertz CT molecular complexity index is 1070. The monoisotopic (exact) mass is 337 g/mol. The van der Waals surface area contributed by atoms with Crippen LogP contribution < -0.4 is 5.32 Å². The van der Waals surface area contributed by atoms with Crippen molar-refractivity contribution < 1.29 is 9.59 Å². The molecule has 1 aliphatic carbocycles. The van der Waals surface area contributed by atoms with Crippen molar-refractivity contribution >= 4 is 11.7 Å². The van der Waals surface area contributed by atoms with Gasteiger partial charge in [0.1, 0.15) is 0 Å². The lowest BCUT2D eigenvalue weighted by atomic mass is 10.0. The molecule has 4 rings (SSSR count). The van der Waals surface area contributed by atoms with Gasteiger partial charge in [0.25, 0.3) is 5.91 Å². The van der Waals surface area contributed by atoms with Gasteiger partial charge in [-0.25, -0.2) is 0 Å². The van der Waals surface area contributed by atoms with Crippen molar-refractivity contribution in [2.24, 2.45) is 0 Å². The van der Waals surface area contributed by atoms with Crippen LogP contribution in [0, 0.1) is 11.8 Å². The van der Waals surface area contributed by atoms with Gasteiger partial charge in [0.2, 0.25) is 0 Å². The maximum absolute atomic E-state index is 12.5. The normalized spacial score (nSPS) is 11.2. The molecule has 0 atom stereocenters. The molecule has 3 heteroatoms. The number of fused-ring (bicyclic) bond motifs is 3. The first kappa shape index (κ1) is 15.9. The third-order valence-electron chi connectivity index (χ3n) is 4.33. The fraction of sp³-hybridized carbons (Fsp3) is 0.0435. The van der Waals surface area contributed by atoms with E-state index in [1.807, 2.05) is 60.7 Å². The molecule has 0 aromatic heterocycles. The molecule has 124 valence electrons. The van der Waals surface area contributed by atoms with Crippen LogP contribution in [0.25, 0.3) is 11.1 Å². The average molecular weight is 337 g/mol. The first-order chi connectivity index (χ1) is 12.7. The molecule has 26 heavy (non-hydrogen) atoms. The largest absolute Gasteiger partial charge is 0.341 e. The van der Waals surface area contributed by atoms with Gasteiger partial charge in [0, 0.05) is 22.3 Å². The van der Waals surface area contributed by atoms with Crippen LogP contribution in [-0.4, -0.2) is 18.2 Å². The molecule has 0 fully saturated rings. The Morgan fingerprint density at radius 1 is 0.808 bits per heavy atom. The van der Waals surface area contributed by atoms with E-state index in [0.717, 1.165) is 16.7 Å². The Balaban J connectivity index is 1.49. The van der Waals surface area contributed by atoms with E-state index in [-0.39, 0.29) is 18.2 Å². The van der Waals surface area contributed by atoms with Crippen LogP contribution in [0.2, 0.25) is 0 Å². The maximum atomic E-state index is 12.5. The van der Waals surface area contributed by atoms with Crippen LogP contribution in [-0.2, 0) is 0 Å². The van der Waals surface area contributed by atoms with Gasteiger partial charge >= 0.3 is 0 Å². The molecular formula is C23H15NO2. The SMILES string of the molecule is O=C(NCC#Cc1ccccc1)c1ccc2c(c1)C(=O)c1ccccc1-2. The number of carbonyl (C=O) groups excluding carboxylic acids is 2. The van der Waals surface area contributed by atoms with Crippen LogP contribution in [0.3, 0.4) is 0 Å². The molecule has 0 unspecified atom stereocenters. The van der Waals surface area contributed by atoms with Crippen LogP contribution in [0.15, 0.2) is 72.8 Å². The summed E-state index contributed by atoms with van der Waals surface area (Å²) in [4.78, 5) is 24.9. The van der Waals surface area contributed by atoms with Crippen LogP contribution in [0.5, 0.6) is 0 Å². The third-order valence-corrected chi connectivity index (χ3v) is 4.33. The van der Waals surface area contributed by atoms with Crippen LogP contribution in [0.4, 0.5) is 0 Å². The zero-order chi connectivity index (χ0) is 17.9. The smallest absolute Gasteiger partial charge is 0.252 e. The Labute approximate surface area is 151 Å². The van der Waals surface area contributed by atoms with E-state index in [9.17, 15) is 9.59 Å². The topological polar surface area (TPSA) is 46.2 Å². The highest BCUT2D eigenvalue weighted by atomic mass is 16.1. The molecule has 1 amide bonds. The summed E-state index contributed by atoms with van der Waals surface area (Å²) in [5.74, 6) is 5.65. The molecule has 1 aliphatic rings. The minimum atomic E-state index is -0.237. The summed E-state index contributed by atoms with van der Waals surface area (Å²) in [5.41, 5.74) is 4.44. The molecule has 3 aromatic rings. The van der Waals surface area contributed by atoms with Crippen LogP contribution >= 0.6 is 0 Å². The summed E-state index contributed by atoms with van der Waals surface area (Å²) in [6.07, 6.45) is 0. The van der Waals surface area contributed by atoms with E-state index in [2.05, 4.69) is 17.2 Å². The lowest BCUT2D eigenvalue weighted by Crippen LogP contribution is -2.23. The third kappa shape index (κ3) is 2.89. The lowest BCUT2D eigenvalue weighted by molar-refractivity contribution is 0.0958. The number of ketones is 1. The second-order valence-electron chi connectivity index (χ2n) is 5.99. The summed E-state index contributed by atoms with van der Waals surface area (Å²) < 4.78 is 0. The quantitative estimate of drug-likeness (QED) is 0.567. The van der Waals surface area contributed by atoms with Gasteiger partial charge in [0.05, 0.1) is 6.54 Å². The second kappa shape index (κ2) is 6.70. The summed E-state index contributed by atoms with van der Waals surface area (Å²) in [5, 5.41) is 2.77. The predicted molar refractivity (Wildman–Crippen MR) is 101 cm³/mol. The van der Waals surface area contributed by atoms with Gasteiger partial charge in [-0.05, 0) is 35.4 Å². The number of hydrogen-bond acceptors (Lipinski definition) is 2. The minimum absolute atomic E-state index is 0.0332. The van der Waals surface area contributed by atoms with Gasteiger partial charge in [-0.2, -0.15) is 0 Å². The molecule has 0 bridgehead atoms. The van der Waals surface area contributed by atoms with E-state index in [1.54, 1.807) is 12.1 Å². The highest BCUT2D eigenvalue weighted by Crippen LogP contribution is 2.36. The van der Waals surface area contributed by atoms with Gasteiger partial charge in [0.15, 0.2) is 5.78 Å². The van der Waals surface area contributed by atoms with Gasteiger partial charge in [-0.3, -0.25) is 9.59 Å². The summed E-state index contributed by atoms with van der Waals surface area (Å²) >= 11 is 0. The molecule has 0 saturated carbocycles. The lowest BCUT2D eigenvalue weighted by Gasteiger charge is -2.04. The van der Waals surface area contributed by atoms with E-state index >= 15 is 0 Å². The van der Waals surface area contributed by atoms with Crippen molar-refractivity contribution in [1.82, 2.24) is 5.32 Å². The zero-order valence-corrected chi connectivity index (χ0v) is 14.0. The summed E-state index contributed by atoms with van der Waals surface area (Å²) in [6, 6.07) is 22.3. The fourth-order valence-corrected chi connectivity index (χ4v) is 3.06. The molecular weight excluding hydrogens is 322 g/mol. The number of benzene rings is 3. The first-order valence-corrected chi connectivity index (χ1v) is 8.34. The maximum Gasteiger partial charge on any atom is 0.252 e. The molecule has 0 aliphatic heterocycles. The molecule has 0 spiro atoms. The molecule has 0 radical (unpaired) electrons. The van der Waals surface area contributed by atoms with E-state index < -0.39 is 0 Å². The highest BCUT2D eigenvalue weighted by molar-refractivity contribution is 6.22. The highest BCUT2D eigenvalue weighted by Gasteiger charge is 2.26. The predicted octanol–water partition coefficient (Wildman–Crippen LogP) is 3.68. The van der Waals surface area contributed by atoms with Crippen molar-refractivity contribution in [2.45, 2.75) is 0 Å². The number of nitrogens with one attached hydrogen (secondary N) is 1. The second-order valence-corrected chi connectivity index (χ2v) is 5.99. The Morgan fingerprint density at radius 3 is 2.31 bits per heavy atom.